The van der Waals surface area contributed by atoms with Crippen LogP contribution in [0.1, 0.15) is 64.7 Å². The van der Waals surface area contributed by atoms with Crippen molar-refractivity contribution in [2.24, 2.45) is 17.8 Å². The van der Waals surface area contributed by atoms with Crippen molar-refractivity contribution >= 4 is 5.78 Å². The molecule has 108 valence electrons. The van der Waals surface area contributed by atoms with Gasteiger partial charge < -0.3 is 0 Å². The zero-order valence-electron chi connectivity index (χ0n) is 12.4. The summed E-state index contributed by atoms with van der Waals surface area (Å²) in [6, 6.07) is 0.823. The first kappa shape index (κ1) is 13.6. The van der Waals surface area contributed by atoms with Gasteiger partial charge in [0.2, 0.25) is 0 Å². The first-order valence-corrected chi connectivity index (χ1v) is 8.54. The normalized spacial score (nSPS) is 40.4. The van der Waals surface area contributed by atoms with Gasteiger partial charge >= 0.3 is 0 Å². The minimum Gasteiger partial charge on any atom is -0.299 e. The number of rotatable bonds is 3. The van der Waals surface area contributed by atoms with Gasteiger partial charge in [0.05, 0.1) is 0 Å². The maximum absolute atomic E-state index is 12.2. The monoisotopic (exact) mass is 263 g/mol. The maximum Gasteiger partial charge on any atom is 0.137 e. The molecule has 1 saturated heterocycles. The fourth-order valence-electron chi connectivity index (χ4n) is 4.76. The molecule has 0 aromatic heterocycles. The van der Waals surface area contributed by atoms with Gasteiger partial charge in [-0.3, -0.25) is 9.69 Å². The van der Waals surface area contributed by atoms with Crippen molar-refractivity contribution in [3.05, 3.63) is 0 Å². The molecular formula is C17H29NO. The van der Waals surface area contributed by atoms with Gasteiger partial charge in [0, 0.05) is 24.9 Å². The number of hydrogen-bond acceptors (Lipinski definition) is 2. The minimum atomic E-state index is 0.361. The van der Waals surface area contributed by atoms with Gasteiger partial charge in [-0.15, -0.1) is 0 Å². The van der Waals surface area contributed by atoms with E-state index >= 15 is 0 Å². The van der Waals surface area contributed by atoms with Crippen LogP contribution in [0.3, 0.4) is 0 Å². The number of carbonyl (C=O) groups excluding carboxylic acids is 1. The minimum absolute atomic E-state index is 0.361. The molecule has 0 bridgehead atoms. The average molecular weight is 263 g/mol. The Labute approximate surface area is 117 Å². The predicted molar refractivity (Wildman–Crippen MR) is 78.1 cm³/mol. The first-order chi connectivity index (χ1) is 9.28. The number of nitrogens with zero attached hydrogens (tertiary/aromatic N) is 1. The van der Waals surface area contributed by atoms with Crippen molar-refractivity contribution < 1.29 is 4.79 Å². The van der Waals surface area contributed by atoms with Crippen LogP contribution >= 0.6 is 0 Å². The molecule has 3 fully saturated rings. The SMILES string of the molecule is CCC1CCC(=O)C(CN2CCC3CCCCC32)C1. The van der Waals surface area contributed by atoms with E-state index in [0.29, 0.717) is 11.7 Å². The summed E-state index contributed by atoms with van der Waals surface area (Å²) in [5, 5.41) is 0. The van der Waals surface area contributed by atoms with Gasteiger partial charge in [-0.2, -0.15) is 0 Å². The third kappa shape index (κ3) is 2.89. The molecule has 0 spiro atoms. The zero-order chi connectivity index (χ0) is 13.2. The van der Waals surface area contributed by atoms with Crippen molar-refractivity contribution in [2.45, 2.75) is 70.8 Å². The molecule has 1 aliphatic heterocycles. The van der Waals surface area contributed by atoms with Crippen LogP contribution in [0.25, 0.3) is 0 Å². The van der Waals surface area contributed by atoms with Crippen LogP contribution in [0.5, 0.6) is 0 Å². The van der Waals surface area contributed by atoms with E-state index in [2.05, 4.69) is 11.8 Å². The average Bonchev–Trinajstić information content (AvgIpc) is 2.85. The number of ketones is 1. The zero-order valence-corrected chi connectivity index (χ0v) is 12.4. The summed E-state index contributed by atoms with van der Waals surface area (Å²) in [6.45, 7) is 4.62. The molecule has 19 heavy (non-hydrogen) atoms. The quantitative estimate of drug-likeness (QED) is 0.774. The van der Waals surface area contributed by atoms with Crippen LogP contribution < -0.4 is 0 Å². The lowest BCUT2D eigenvalue weighted by Gasteiger charge is -2.35. The molecule has 4 unspecified atom stereocenters. The molecular weight excluding hydrogens is 234 g/mol. The Bertz CT molecular complexity index is 327. The molecule has 0 aromatic rings. The fourth-order valence-corrected chi connectivity index (χ4v) is 4.76. The van der Waals surface area contributed by atoms with Crippen LogP contribution in [-0.2, 0) is 4.79 Å². The smallest absolute Gasteiger partial charge is 0.137 e. The summed E-state index contributed by atoms with van der Waals surface area (Å²) in [4.78, 5) is 14.9. The molecule has 1 heterocycles. The third-order valence-electron chi connectivity index (χ3n) is 6.03. The molecule has 2 nitrogen and oxygen atoms in total. The van der Waals surface area contributed by atoms with Crippen molar-refractivity contribution in [2.75, 3.05) is 13.1 Å². The van der Waals surface area contributed by atoms with Gasteiger partial charge in [-0.05, 0) is 50.5 Å². The lowest BCUT2D eigenvalue weighted by Crippen LogP contribution is -2.41. The molecule has 0 N–H and O–H groups in total. The second kappa shape index (κ2) is 5.95. The van der Waals surface area contributed by atoms with Crippen LogP contribution in [0.2, 0.25) is 0 Å². The van der Waals surface area contributed by atoms with E-state index in [4.69, 9.17) is 0 Å². The molecule has 3 rings (SSSR count). The number of hydrogen-bond donors (Lipinski definition) is 0. The number of carbonyl (C=O) groups is 1. The Kier molecular flexibility index (Phi) is 4.26. The molecule has 2 heteroatoms. The first-order valence-electron chi connectivity index (χ1n) is 8.54. The highest BCUT2D eigenvalue weighted by atomic mass is 16.1. The van der Waals surface area contributed by atoms with Gasteiger partial charge in [0.1, 0.15) is 5.78 Å². The van der Waals surface area contributed by atoms with Gasteiger partial charge in [0.25, 0.3) is 0 Å². The van der Waals surface area contributed by atoms with E-state index < -0.39 is 0 Å². The summed E-state index contributed by atoms with van der Waals surface area (Å²) < 4.78 is 0. The Morgan fingerprint density at radius 3 is 2.84 bits per heavy atom. The van der Waals surface area contributed by atoms with Crippen LogP contribution in [0, 0.1) is 17.8 Å². The molecule has 0 amide bonds. The highest BCUT2D eigenvalue weighted by molar-refractivity contribution is 5.82. The molecule has 2 aliphatic carbocycles. The van der Waals surface area contributed by atoms with Crippen molar-refractivity contribution in [1.82, 2.24) is 4.90 Å². The summed E-state index contributed by atoms with van der Waals surface area (Å²) in [7, 11) is 0. The lowest BCUT2D eigenvalue weighted by atomic mass is 9.78. The molecule has 0 aromatic carbocycles. The maximum atomic E-state index is 12.2. The molecule has 0 radical (unpaired) electrons. The predicted octanol–water partition coefficient (Wildman–Crippen LogP) is 3.65. The molecule has 4 atom stereocenters. The van der Waals surface area contributed by atoms with Crippen molar-refractivity contribution in [3.8, 4) is 0 Å². The summed E-state index contributed by atoms with van der Waals surface area (Å²) in [5.41, 5.74) is 0. The Hall–Kier alpha value is -0.370. The van der Waals surface area contributed by atoms with E-state index in [1.807, 2.05) is 0 Å². The van der Waals surface area contributed by atoms with Gasteiger partial charge in [0.15, 0.2) is 0 Å². The van der Waals surface area contributed by atoms with E-state index in [1.54, 1.807) is 0 Å². The van der Waals surface area contributed by atoms with Crippen molar-refractivity contribution in [1.29, 1.82) is 0 Å². The van der Waals surface area contributed by atoms with Gasteiger partial charge in [-0.25, -0.2) is 0 Å². The van der Waals surface area contributed by atoms with E-state index in [1.165, 1.54) is 51.5 Å². The topological polar surface area (TPSA) is 20.3 Å². The highest BCUT2D eigenvalue weighted by Gasteiger charge is 2.38. The Morgan fingerprint density at radius 2 is 2.00 bits per heavy atom. The van der Waals surface area contributed by atoms with E-state index in [-0.39, 0.29) is 0 Å². The molecule has 3 aliphatic rings. The standard InChI is InChI=1S/C17H29NO/c1-2-13-7-8-17(19)15(11-13)12-18-10-9-14-5-3-4-6-16(14)18/h13-16H,2-12H2,1H3. The third-order valence-corrected chi connectivity index (χ3v) is 6.03. The lowest BCUT2D eigenvalue weighted by molar-refractivity contribution is -0.126. The second-order valence-electron chi connectivity index (χ2n) is 7.11. The van der Waals surface area contributed by atoms with Gasteiger partial charge in [-0.1, -0.05) is 26.2 Å². The van der Waals surface area contributed by atoms with Crippen molar-refractivity contribution in [3.63, 3.8) is 0 Å². The fraction of sp³-hybridized carbons (Fsp3) is 0.941. The summed E-state index contributed by atoms with van der Waals surface area (Å²) in [5.74, 6) is 2.69. The number of likely N-dealkylation sites (tertiary alicyclic amines) is 1. The largest absolute Gasteiger partial charge is 0.299 e. The Morgan fingerprint density at radius 1 is 1.16 bits per heavy atom. The molecule has 2 saturated carbocycles. The number of Topliss-reactive ketones (excluding diaryl/α,β-unsaturated/α-hetero) is 1. The summed E-state index contributed by atoms with van der Waals surface area (Å²) >= 11 is 0. The van der Waals surface area contributed by atoms with Crippen LogP contribution in [-0.4, -0.2) is 29.8 Å². The van der Waals surface area contributed by atoms with E-state index in [0.717, 1.165) is 37.3 Å². The van der Waals surface area contributed by atoms with Crippen LogP contribution in [0.4, 0.5) is 0 Å². The van der Waals surface area contributed by atoms with Crippen LogP contribution in [0.15, 0.2) is 0 Å². The van der Waals surface area contributed by atoms with E-state index in [9.17, 15) is 4.79 Å². The highest BCUT2D eigenvalue weighted by Crippen LogP contribution is 2.38. The number of fused-ring (bicyclic) bond motifs is 1. The summed E-state index contributed by atoms with van der Waals surface area (Å²) in [6.07, 6.45) is 11.5. The Balaban J connectivity index is 1.59. The second-order valence-corrected chi connectivity index (χ2v) is 7.11.